The molecule has 0 heterocycles. The van der Waals surface area contributed by atoms with Gasteiger partial charge in [0.25, 0.3) is 0 Å². The van der Waals surface area contributed by atoms with Gasteiger partial charge in [-0.3, -0.25) is 0 Å². The molecular weight excluding hydrogens is 323 g/mol. The van der Waals surface area contributed by atoms with E-state index in [1.807, 2.05) is 18.2 Å². The molecule has 0 bridgehead atoms. The van der Waals surface area contributed by atoms with E-state index in [1.165, 1.54) is 6.07 Å². The van der Waals surface area contributed by atoms with Crippen molar-refractivity contribution in [2.45, 2.75) is 18.9 Å². The minimum atomic E-state index is -1.11. The summed E-state index contributed by atoms with van der Waals surface area (Å²) in [6.07, 6.45) is 0.304. The molecule has 1 N–H and O–H groups in total. The first-order valence-corrected chi connectivity index (χ1v) is 7.03. The molecule has 0 aliphatic rings. The maximum absolute atomic E-state index is 13.5. The van der Waals surface area contributed by atoms with Crippen LogP contribution < -0.4 is 4.74 Å². The smallest absolute Gasteiger partial charge is 0.137 e. The Balaban J connectivity index is 2.32. The Morgan fingerprint density at radius 1 is 1.25 bits per heavy atom. The first kappa shape index (κ1) is 15.0. The summed E-state index contributed by atoms with van der Waals surface area (Å²) in [6, 6.07) is 12.1. The van der Waals surface area contributed by atoms with Gasteiger partial charge in [0, 0.05) is 6.42 Å². The molecule has 0 saturated heterocycles. The van der Waals surface area contributed by atoms with Gasteiger partial charge >= 0.3 is 0 Å². The van der Waals surface area contributed by atoms with Crippen molar-refractivity contribution in [3.8, 4) is 5.75 Å². The van der Waals surface area contributed by atoms with Gasteiger partial charge in [-0.15, -0.1) is 0 Å². The summed E-state index contributed by atoms with van der Waals surface area (Å²) >= 11 is 3.22. The molecule has 106 valence electrons. The molecule has 0 fully saturated rings. The number of methoxy groups -OCH3 is 1. The molecule has 1 atom stereocenters. The molecule has 0 spiro atoms. The van der Waals surface area contributed by atoms with E-state index in [0.717, 1.165) is 11.1 Å². The van der Waals surface area contributed by atoms with Crippen LogP contribution in [0, 0.1) is 5.82 Å². The molecule has 2 aromatic rings. The van der Waals surface area contributed by atoms with Gasteiger partial charge in [-0.1, -0.05) is 24.3 Å². The zero-order chi connectivity index (χ0) is 14.8. The Labute approximate surface area is 126 Å². The number of halogens is 2. The van der Waals surface area contributed by atoms with Crippen LogP contribution in [0.5, 0.6) is 5.75 Å². The Morgan fingerprint density at radius 3 is 2.65 bits per heavy atom. The Morgan fingerprint density at radius 2 is 1.95 bits per heavy atom. The van der Waals surface area contributed by atoms with Crippen LogP contribution >= 0.6 is 15.9 Å². The van der Waals surface area contributed by atoms with Gasteiger partial charge in [-0.05, 0) is 52.2 Å². The monoisotopic (exact) mass is 338 g/mol. The fourth-order valence-electron chi connectivity index (χ4n) is 2.12. The average molecular weight is 339 g/mol. The van der Waals surface area contributed by atoms with E-state index in [2.05, 4.69) is 15.9 Å². The van der Waals surface area contributed by atoms with Crippen molar-refractivity contribution < 1.29 is 14.2 Å². The molecule has 4 heteroatoms. The highest BCUT2D eigenvalue weighted by Gasteiger charge is 2.25. The average Bonchev–Trinajstić information content (AvgIpc) is 2.44. The second-order valence-electron chi connectivity index (χ2n) is 4.90. The van der Waals surface area contributed by atoms with Crippen molar-refractivity contribution in [1.29, 1.82) is 0 Å². The minimum Gasteiger partial charge on any atom is -0.497 e. The van der Waals surface area contributed by atoms with Crippen molar-refractivity contribution in [2.24, 2.45) is 0 Å². The lowest BCUT2D eigenvalue weighted by molar-refractivity contribution is 0.0571. The van der Waals surface area contributed by atoms with Crippen LogP contribution in [0.25, 0.3) is 0 Å². The third-order valence-corrected chi connectivity index (χ3v) is 4.15. The Hall–Kier alpha value is -1.39. The predicted molar refractivity (Wildman–Crippen MR) is 80.4 cm³/mol. The van der Waals surface area contributed by atoms with E-state index in [9.17, 15) is 9.50 Å². The molecule has 2 aromatic carbocycles. The Kier molecular flexibility index (Phi) is 4.45. The summed E-state index contributed by atoms with van der Waals surface area (Å²) in [6.45, 7) is 1.71. The third kappa shape index (κ3) is 3.19. The van der Waals surface area contributed by atoms with Crippen LogP contribution in [0.1, 0.15) is 18.1 Å². The maximum Gasteiger partial charge on any atom is 0.137 e. The fourth-order valence-corrected chi connectivity index (χ4v) is 2.52. The highest BCUT2D eigenvalue weighted by atomic mass is 79.9. The summed E-state index contributed by atoms with van der Waals surface area (Å²) < 4.78 is 19.1. The highest BCUT2D eigenvalue weighted by molar-refractivity contribution is 9.10. The second-order valence-corrected chi connectivity index (χ2v) is 5.69. The second kappa shape index (κ2) is 5.94. The van der Waals surface area contributed by atoms with Crippen LogP contribution in [0.2, 0.25) is 0 Å². The van der Waals surface area contributed by atoms with Crippen LogP contribution in [0.15, 0.2) is 46.9 Å². The van der Waals surface area contributed by atoms with Crippen molar-refractivity contribution in [2.75, 3.05) is 7.11 Å². The number of hydrogen-bond donors (Lipinski definition) is 1. The van der Waals surface area contributed by atoms with Crippen molar-refractivity contribution >= 4 is 15.9 Å². The summed E-state index contributed by atoms with van der Waals surface area (Å²) in [5, 5.41) is 10.7. The van der Waals surface area contributed by atoms with Gasteiger partial charge in [-0.2, -0.15) is 0 Å². The molecule has 0 aliphatic carbocycles. The first-order chi connectivity index (χ1) is 9.44. The standard InChI is InChI=1S/C16H16BrFO2/c1-16(19,12-6-4-7-13(9-12)20-2)10-11-5-3-8-14(18)15(11)17/h3-9,19H,10H2,1-2H3. The molecular formula is C16H16BrFO2. The van der Waals surface area contributed by atoms with Gasteiger partial charge in [0.1, 0.15) is 11.6 Å². The lowest BCUT2D eigenvalue weighted by Crippen LogP contribution is -2.24. The number of aliphatic hydroxyl groups is 1. The summed E-state index contributed by atoms with van der Waals surface area (Å²) in [4.78, 5) is 0. The molecule has 20 heavy (non-hydrogen) atoms. The molecule has 0 radical (unpaired) electrons. The summed E-state index contributed by atoms with van der Waals surface area (Å²) in [5.41, 5.74) is 0.344. The molecule has 0 amide bonds. The van der Waals surface area contributed by atoms with Crippen LogP contribution in [0.3, 0.4) is 0 Å². The molecule has 2 nitrogen and oxygen atoms in total. The largest absolute Gasteiger partial charge is 0.497 e. The van der Waals surface area contributed by atoms with E-state index in [4.69, 9.17) is 4.74 Å². The lowest BCUT2D eigenvalue weighted by atomic mass is 9.89. The zero-order valence-electron chi connectivity index (χ0n) is 11.4. The molecule has 1 unspecified atom stereocenters. The van der Waals surface area contributed by atoms with Crippen molar-refractivity contribution in [3.63, 3.8) is 0 Å². The van der Waals surface area contributed by atoms with Crippen LogP contribution in [-0.4, -0.2) is 12.2 Å². The number of rotatable bonds is 4. The predicted octanol–water partition coefficient (Wildman–Crippen LogP) is 4.05. The summed E-state index contributed by atoms with van der Waals surface area (Å²) in [7, 11) is 1.58. The topological polar surface area (TPSA) is 29.5 Å². The molecule has 0 aromatic heterocycles. The number of benzene rings is 2. The minimum absolute atomic E-state index is 0.304. The number of hydrogen-bond acceptors (Lipinski definition) is 2. The fraction of sp³-hybridized carbons (Fsp3) is 0.250. The first-order valence-electron chi connectivity index (χ1n) is 6.24. The van der Waals surface area contributed by atoms with E-state index < -0.39 is 5.60 Å². The van der Waals surface area contributed by atoms with Gasteiger partial charge in [0.15, 0.2) is 0 Å². The van der Waals surface area contributed by atoms with Gasteiger partial charge in [0.2, 0.25) is 0 Å². The maximum atomic E-state index is 13.5. The van der Waals surface area contributed by atoms with Crippen LogP contribution in [-0.2, 0) is 12.0 Å². The summed E-state index contributed by atoms with van der Waals surface area (Å²) in [5.74, 6) is 0.352. The SMILES string of the molecule is COc1cccc(C(C)(O)Cc2cccc(F)c2Br)c1. The van der Waals surface area contributed by atoms with Gasteiger partial charge in [0.05, 0.1) is 17.2 Å². The molecule has 2 rings (SSSR count). The van der Waals surface area contributed by atoms with Crippen molar-refractivity contribution in [3.05, 3.63) is 63.9 Å². The van der Waals surface area contributed by atoms with Gasteiger partial charge in [-0.25, -0.2) is 4.39 Å². The van der Waals surface area contributed by atoms with E-state index in [0.29, 0.717) is 16.6 Å². The quantitative estimate of drug-likeness (QED) is 0.911. The van der Waals surface area contributed by atoms with Crippen LogP contribution in [0.4, 0.5) is 4.39 Å². The lowest BCUT2D eigenvalue weighted by Gasteiger charge is -2.25. The molecule has 0 saturated carbocycles. The van der Waals surface area contributed by atoms with E-state index in [-0.39, 0.29) is 5.82 Å². The van der Waals surface area contributed by atoms with Crippen molar-refractivity contribution in [1.82, 2.24) is 0 Å². The highest BCUT2D eigenvalue weighted by Crippen LogP contribution is 2.31. The van der Waals surface area contributed by atoms with E-state index >= 15 is 0 Å². The number of ether oxygens (including phenoxy) is 1. The normalized spacial score (nSPS) is 13.8. The molecule has 0 aliphatic heterocycles. The van der Waals surface area contributed by atoms with E-state index in [1.54, 1.807) is 32.2 Å². The van der Waals surface area contributed by atoms with Gasteiger partial charge < -0.3 is 9.84 Å². The Bertz CT molecular complexity index is 611. The zero-order valence-corrected chi connectivity index (χ0v) is 12.9. The third-order valence-electron chi connectivity index (χ3n) is 3.26.